The van der Waals surface area contributed by atoms with Gasteiger partial charge < -0.3 is 5.32 Å². The van der Waals surface area contributed by atoms with Crippen LogP contribution in [0.3, 0.4) is 0 Å². The lowest BCUT2D eigenvalue weighted by molar-refractivity contribution is -0.115. The normalized spacial score (nSPS) is 13.6. The van der Waals surface area contributed by atoms with E-state index in [1.54, 1.807) is 0 Å². The first-order valence-electron chi connectivity index (χ1n) is 8.38. The Hall–Kier alpha value is -2.59. The minimum Gasteiger partial charge on any atom is -0.309 e. The molecular formula is C20H18ClN3O. The van der Waals surface area contributed by atoms with Gasteiger partial charge in [-0.3, -0.25) is 9.89 Å². The standard InChI is InChI=1S/C20H18ClN3O/c21-17-10-13(6-9-16(17)14-4-2-1-3-5-14)11-20(25)22-19-12-18(23-24-19)15-7-8-15/h1-6,9-10,12,15H,7-8,11H2,(H2,22,23,24,25). The second-order valence-electron chi connectivity index (χ2n) is 6.39. The summed E-state index contributed by atoms with van der Waals surface area (Å²) in [4.78, 5) is 12.2. The molecular weight excluding hydrogens is 334 g/mol. The maximum atomic E-state index is 12.2. The van der Waals surface area contributed by atoms with E-state index in [0.717, 1.165) is 22.4 Å². The molecule has 0 aliphatic heterocycles. The number of carbonyl (C=O) groups is 1. The molecule has 0 radical (unpaired) electrons. The van der Waals surface area contributed by atoms with Gasteiger partial charge in [-0.15, -0.1) is 0 Å². The zero-order chi connectivity index (χ0) is 17.2. The summed E-state index contributed by atoms with van der Waals surface area (Å²) in [5.74, 6) is 1.07. The van der Waals surface area contributed by atoms with Crippen molar-refractivity contribution in [3.8, 4) is 11.1 Å². The van der Waals surface area contributed by atoms with Crippen molar-refractivity contribution in [1.82, 2.24) is 10.2 Å². The van der Waals surface area contributed by atoms with Crippen molar-refractivity contribution in [3.63, 3.8) is 0 Å². The van der Waals surface area contributed by atoms with Crippen LogP contribution in [0.4, 0.5) is 5.82 Å². The molecule has 3 aromatic rings. The van der Waals surface area contributed by atoms with Crippen molar-refractivity contribution in [3.05, 3.63) is 70.9 Å². The molecule has 0 saturated heterocycles. The Morgan fingerprint density at radius 2 is 1.96 bits per heavy atom. The quantitative estimate of drug-likeness (QED) is 0.694. The van der Waals surface area contributed by atoms with Crippen LogP contribution >= 0.6 is 11.6 Å². The van der Waals surface area contributed by atoms with Crippen molar-refractivity contribution >= 4 is 23.3 Å². The van der Waals surface area contributed by atoms with E-state index in [-0.39, 0.29) is 12.3 Å². The molecule has 25 heavy (non-hydrogen) atoms. The smallest absolute Gasteiger partial charge is 0.229 e. The van der Waals surface area contributed by atoms with Crippen LogP contribution in [0, 0.1) is 0 Å². The summed E-state index contributed by atoms with van der Waals surface area (Å²) < 4.78 is 0. The molecule has 5 heteroatoms. The summed E-state index contributed by atoms with van der Waals surface area (Å²) in [7, 11) is 0. The molecule has 0 bridgehead atoms. The predicted molar refractivity (Wildman–Crippen MR) is 99.8 cm³/mol. The number of aromatic nitrogens is 2. The molecule has 1 aliphatic rings. The monoisotopic (exact) mass is 351 g/mol. The molecule has 4 nitrogen and oxygen atoms in total. The Balaban J connectivity index is 1.43. The molecule has 1 saturated carbocycles. The van der Waals surface area contributed by atoms with Gasteiger partial charge in [0.1, 0.15) is 0 Å². The molecule has 1 amide bonds. The van der Waals surface area contributed by atoms with Crippen LogP contribution in [0.25, 0.3) is 11.1 Å². The van der Waals surface area contributed by atoms with E-state index in [1.807, 2.05) is 54.6 Å². The molecule has 0 spiro atoms. The maximum Gasteiger partial charge on any atom is 0.229 e. The van der Waals surface area contributed by atoms with Gasteiger partial charge in [0, 0.05) is 28.3 Å². The summed E-state index contributed by atoms with van der Waals surface area (Å²) in [6.45, 7) is 0. The first-order chi connectivity index (χ1) is 12.2. The van der Waals surface area contributed by atoms with E-state index in [1.165, 1.54) is 12.8 Å². The van der Waals surface area contributed by atoms with E-state index in [2.05, 4.69) is 15.5 Å². The number of rotatable bonds is 5. The summed E-state index contributed by atoms with van der Waals surface area (Å²) in [6.07, 6.45) is 2.66. The van der Waals surface area contributed by atoms with E-state index in [9.17, 15) is 4.79 Å². The van der Waals surface area contributed by atoms with Crippen molar-refractivity contribution in [2.24, 2.45) is 0 Å². The summed E-state index contributed by atoms with van der Waals surface area (Å²) >= 11 is 6.40. The number of aromatic amines is 1. The fourth-order valence-electron chi connectivity index (χ4n) is 2.90. The largest absolute Gasteiger partial charge is 0.309 e. The third kappa shape index (κ3) is 3.74. The Labute approximate surface area is 151 Å². The van der Waals surface area contributed by atoms with Gasteiger partial charge in [-0.2, -0.15) is 5.10 Å². The van der Waals surface area contributed by atoms with E-state index < -0.39 is 0 Å². The van der Waals surface area contributed by atoms with E-state index in [0.29, 0.717) is 16.8 Å². The number of benzene rings is 2. The number of hydrogen-bond acceptors (Lipinski definition) is 2. The minimum absolute atomic E-state index is 0.0997. The predicted octanol–water partition coefficient (Wildman–Crippen LogP) is 4.79. The lowest BCUT2D eigenvalue weighted by atomic mass is 10.0. The lowest BCUT2D eigenvalue weighted by Crippen LogP contribution is -2.14. The van der Waals surface area contributed by atoms with Crippen LogP contribution in [-0.4, -0.2) is 16.1 Å². The van der Waals surface area contributed by atoms with E-state index >= 15 is 0 Å². The number of H-pyrrole nitrogens is 1. The number of hydrogen-bond donors (Lipinski definition) is 2. The van der Waals surface area contributed by atoms with Crippen LogP contribution in [0.15, 0.2) is 54.6 Å². The third-order valence-corrected chi connectivity index (χ3v) is 4.68. The number of amides is 1. The number of nitrogens with zero attached hydrogens (tertiary/aromatic N) is 1. The van der Waals surface area contributed by atoms with Crippen LogP contribution in [-0.2, 0) is 11.2 Å². The number of nitrogens with one attached hydrogen (secondary N) is 2. The summed E-state index contributed by atoms with van der Waals surface area (Å²) in [5, 5.41) is 10.6. The Morgan fingerprint density at radius 3 is 2.68 bits per heavy atom. The SMILES string of the molecule is O=C(Cc1ccc(-c2ccccc2)c(Cl)c1)Nc1cc(C2CC2)[nH]n1. The first kappa shape index (κ1) is 15.9. The molecule has 1 aliphatic carbocycles. The number of carbonyl (C=O) groups excluding carboxylic acids is 1. The maximum absolute atomic E-state index is 12.2. The molecule has 0 unspecified atom stereocenters. The van der Waals surface area contributed by atoms with Gasteiger partial charge >= 0.3 is 0 Å². The third-order valence-electron chi connectivity index (χ3n) is 4.37. The van der Waals surface area contributed by atoms with Gasteiger partial charge in [-0.05, 0) is 30.0 Å². The van der Waals surface area contributed by atoms with Crippen LogP contribution in [0.2, 0.25) is 5.02 Å². The molecule has 2 aromatic carbocycles. The number of halogens is 1. The van der Waals surface area contributed by atoms with Crippen molar-refractivity contribution in [2.75, 3.05) is 5.32 Å². The molecule has 1 heterocycles. The minimum atomic E-state index is -0.0997. The second kappa shape index (κ2) is 6.73. The average Bonchev–Trinajstić information content (AvgIpc) is 3.36. The fourth-order valence-corrected chi connectivity index (χ4v) is 3.21. The molecule has 126 valence electrons. The van der Waals surface area contributed by atoms with Gasteiger partial charge in [0.15, 0.2) is 5.82 Å². The lowest BCUT2D eigenvalue weighted by Gasteiger charge is -2.07. The highest BCUT2D eigenvalue weighted by atomic mass is 35.5. The molecule has 1 fully saturated rings. The van der Waals surface area contributed by atoms with Gasteiger partial charge in [0.05, 0.1) is 6.42 Å². The molecule has 1 aromatic heterocycles. The zero-order valence-corrected chi connectivity index (χ0v) is 14.4. The Bertz CT molecular complexity index is 900. The van der Waals surface area contributed by atoms with Gasteiger partial charge in [0.2, 0.25) is 5.91 Å². The first-order valence-corrected chi connectivity index (χ1v) is 8.76. The summed E-state index contributed by atoms with van der Waals surface area (Å²) in [5.41, 5.74) is 4.01. The highest BCUT2D eigenvalue weighted by molar-refractivity contribution is 6.33. The highest BCUT2D eigenvalue weighted by Crippen LogP contribution is 2.39. The van der Waals surface area contributed by atoms with Crippen molar-refractivity contribution in [2.45, 2.75) is 25.2 Å². The summed E-state index contributed by atoms with van der Waals surface area (Å²) in [6, 6.07) is 17.6. The van der Waals surface area contributed by atoms with Crippen LogP contribution in [0.1, 0.15) is 30.0 Å². The average molecular weight is 352 g/mol. The number of anilines is 1. The second-order valence-corrected chi connectivity index (χ2v) is 6.80. The van der Waals surface area contributed by atoms with Crippen molar-refractivity contribution in [1.29, 1.82) is 0 Å². The topological polar surface area (TPSA) is 57.8 Å². The van der Waals surface area contributed by atoms with E-state index in [4.69, 9.17) is 11.6 Å². The van der Waals surface area contributed by atoms with Gasteiger partial charge in [-0.1, -0.05) is 54.1 Å². The Morgan fingerprint density at radius 1 is 1.16 bits per heavy atom. The van der Waals surface area contributed by atoms with Gasteiger partial charge in [0.25, 0.3) is 0 Å². The molecule has 0 atom stereocenters. The molecule has 2 N–H and O–H groups in total. The van der Waals surface area contributed by atoms with Gasteiger partial charge in [-0.25, -0.2) is 0 Å². The highest BCUT2D eigenvalue weighted by Gasteiger charge is 2.25. The zero-order valence-electron chi connectivity index (χ0n) is 13.6. The van der Waals surface area contributed by atoms with Crippen LogP contribution in [0.5, 0.6) is 0 Å². The molecule has 4 rings (SSSR count). The van der Waals surface area contributed by atoms with Crippen LogP contribution < -0.4 is 5.32 Å². The van der Waals surface area contributed by atoms with Crippen molar-refractivity contribution < 1.29 is 4.79 Å². The Kier molecular flexibility index (Phi) is 4.28. The fraction of sp³-hybridized carbons (Fsp3) is 0.200.